The fraction of sp³-hybridized carbons (Fsp3) is 0.385. The summed E-state index contributed by atoms with van der Waals surface area (Å²) in [5.74, 6) is 3.43. The fourth-order valence-electron chi connectivity index (χ4n) is 2.22. The molecule has 3 rings (SSSR count). The summed E-state index contributed by atoms with van der Waals surface area (Å²) in [5, 5.41) is 0. The Morgan fingerprint density at radius 1 is 1.25 bits per heavy atom. The van der Waals surface area contributed by atoms with Gasteiger partial charge in [0.25, 0.3) is 0 Å². The zero-order chi connectivity index (χ0) is 11.0. The van der Waals surface area contributed by atoms with Gasteiger partial charge < -0.3 is 4.74 Å². The van der Waals surface area contributed by atoms with Crippen LogP contribution >= 0.6 is 27.7 Å². The number of hydrogen-bond acceptors (Lipinski definition) is 2. The van der Waals surface area contributed by atoms with Gasteiger partial charge in [0.2, 0.25) is 0 Å². The molecular weight excluding hydrogens is 284 g/mol. The van der Waals surface area contributed by atoms with Gasteiger partial charge >= 0.3 is 0 Å². The van der Waals surface area contributed by atoms with Crippen LogP contribution in [0.1, 0.15) is 18.4 Å². The molecule has 0 aromatic heterocycles. The predicted octanol–water partition coefficient (Wildman–Crippen LogP) is 4.12. The lowest BCUT2D eigenvalue weighted by Crippen LogP contribution is -2.39. The first kappa shape index (κ1) is 10.7. The van der Waals surface area contributed by atoms with Crippen molar-refractivity contribution in [3.05, 3.63) is 34.3 Å². The van der Waals surface area contributed by atoms with Crippen molar-refractivity contribution in [2.45, 2.75) is 18.4 Å². The normalized spacial score (nSPS) is 21.6. The lowest BCUT2D eigenvalue weighted by Gasteiger charge is -2.37. The Hall–Kier alpha value is -0.410. The van der Waals surface area contributed by atoms with Gasteiger partial charge in [-0.2, -0.15) is 11.8 Å². The summed E-state index contributed by atoms with van der Waals surface area (Å²) in [6.07, 6.45) is 6.72. The number of benzene rings is 1. The quantitative estimate of drug-likeness (QED) is 0.712. The molecule has 0 aliphatic carbocycles. The van der Waals surface area contributed by atoms with Gasteiger partial charge in [0.15, 0.2) is 0 Å². The van der Waals surface area contributed by atoms with E-state index in [2.05, 4.69) is 40.2 Å². The van der Waals surface area contributed by atoms with E-state index in [9.17, 15) is 0 Å². The first-order valence-corrected chi connectivity index (χ1v) is 7.48. The standard InChI is InChI=1S/C13H13BrOS/c14-11-1-2-12-10(9-11)3-4-13(15-12)5-7-16-8-6-13/h1-4,9H,5-8H2. The molecule has 2 aliphatic heterocycles. The zero-order valence-electron chi connectivity index (χ0n) is 8.91. The van der Waals surface area contributed by atoms with E-state index in [0.717, 1.165) is 23.1 Å². The maximum absolute atomic E-state index is 6.19. The first-order valence-electron chi connectivity index (χ1n) is 5.53. The second kappa shape index (κ2) is 4.11. The Morgan fingerprint density at radius 2 is 2.06 bits per heavy atom. The van der Waals surface area contributed by atoms with Gasteiger partial charge in [0, 0.05) is 10.0 Å². The molecule has 1 nitrogen and oxygen atoms in total. The van der Waals surface area contributed by atoms with E-state index in [0.29, 0.717) is 0 Å². The van der Waals surface area contributed by atoms with Crippen LogP contribution in [0.5, 0.6) is 5.75 Å². The minimum Gasteiger partial charge on any atom is -0.483 e. The summed E-state index contributed by atoms with van der Waals surface area (Å²) in [4.78, 5) is 0. The highest BCUT2D eigenvalue weighted by molar-refractivity contribution is 9.10. The second-order valence-corrected chi connectivity index (χ2v) is 6.44. The summed E-state index contributed by atoms with van der Waals surface area (Å²) < 4.78 is 7.30. The van der Waals surface area contributed by atoms with Crippen molar-refractivity contribution in [3.63, 3.8) is 0 Å². The number of fused-ring (bicyclic) bond motifs is 1. The Kier molecular flexibility index (Phi) is 2.76. The van der Waals surface area contributed by atoms with E-state index in [1.165, 1.54) is 17.1 Å². The molecule has 16 heavy (non-hydrogen) atoms. The van der Waals surface area contributed by atoms with Crippen LogP contribution in [0, 0.1) is 0 Å². The SMILES string of the molecule is Brc1ccc2c(c1)C=CC1(CCSCC1)O2. The third kappa shape index (κ3) is 1.91. The number of rotatable bonds is 0. The minimum atomic E-state index is -0.0217. The van der Waals surface area contributed by atoms with Crippen molar-refractivity contribution < 1.29 is 4.74 Å². The molecule has 1 fully saturated rings. The Morgan fingerprint density at radius 3 is 2.88 bits per heavy atom. The molecule has 0 bridgehead atoms. The average Bonchev–Trinajstić information content (AvgIpc) is 2.31. The van der Waals surface area contributed by atoms with Gasteiger partial charge in [-0.1, -0.05) is 22.0 Å². The summed E-state index contributed by atoms with van der Waals surface area (Å²) in [7, 11) is 0. The first-order chi connectivity index (χ1) is 7.77. The molecule has 0 amide bonds. The van der Waals surface area contributed by atoms with Crippen LogP contribution in [-0.2, 0) is 0 Å². The van der Waals surface area contributed by atoms with Crippen LogP contribution in [0.15, 0.2) is 28.7 Å². The van der Waals surface area contributed by atoms with Gasteiger partial charge in [-0.15, -0.1) is 0 Å². The van der Waals surface area contributed by atoms with Crippen molar-refractivity contribution in [2.75, 3.05) is 11.5 Å². The molecule has 1 aromatic rings. The van der Waals surface area contributed by atoms with E-state index in [1.54, 1.807) is 0 Å². The third-order valence-corrected chi connectivity index (χ3v) is 4.67. The van der Waals surface area contributed by atoms with Crippen molar-refractivity contribution in [2.24, 2.45) is 0 Å². The van der Waals surface area contributed by atoms with Crippen LogP contribution in [0.4, 0.5) is 0 Å². The highest BCUT2D eigenvalue weighted by Gasteiger charge is 2.34. The summed E-state index contributed by atoms with van der Waals surface area (Å²) in [5.41, 5.74) is 1.16. The van der Waals surface area contributed by atoms with Gasteiger partial charge in [-0.3, -0.25) is 0 Å². The summed E-state index contributed by atoms with van der Waals surface area (Å²) >= 11 is 5.51. The molecule has 0 unspecified atom stereocenters. The van der Waals surface area contributed by atoms with Gasteiger partial charge in [-0.25, -0.2) is 0 Å². The van der Waals surface area contributed by atoms with Crippen LogP contribution in [0.25, 0.3) is 6.08 Å². The average molecular weight is 297 g/mol. The minimum absolute atomic E-state index is 0.0217. The number of thioether (sulfide) groups is 1. The summed E-state index contributed by atoms with van der Waals surface area (Å²) in [6, 6.07) is 6.21. The molecule has 2 aliphatic rings. The fourth-order valence-corrected chi connectivity index (χ4v) is 3.79. The molecule has 1 aromatic carbocycles. The predicted molar refractivity (Wildman–Crippen MR) is 73.1 cm³/mol. The highest BCUT2D eigenvalue weighted by atomic mass is 79.9. The Labute approximate surface area is 108 Å². The van der Waals surface area contributed by atoms with Crippen LogP contribution < -0.4 is 4.74 Å². The Balaban J connectivity index is 1.94. The van der Waals surface area contributed by atoms with Gasteiger partial charge in [0.1, 0.15) is 11.4 Å². The molecule has 0 atom stereocenters. The van der Waals surface area contributed by atoms with E-state index >= 15 is 0 Å². The van der Waals surface area contributed by atoms with E-state index in [1.807, 2.05) is 17.8 Å². The lowest BCUT2D eigenvalue weighted by atomic mass is 9.92. The smallest absolute Gasteiger partial charge is 0.129 e. The van der Waals surface area contributed by atoms with Gasteiger partial charge in [-0.05, 0) is 48.6 Å². The zero-order valence-corrected chi connectivity index (χ0v) is 11.3. The topological polar surface area (TPSA) is 9.23 Å². The molecule has 0 saturated carbocycles. The van der Waals surface area contributed by atoms with Crippen LogP contribution in [-0.4, -0.2) is 17.1 Å². The molecule has 0 radical (unpaired) electrons. The monoisotopic (exact) mass is 296 g/mol. The Bertz CT molecular complexity index is 436. The van der Waals surface area contributed by atoms with Crippen molar-refractivity contribution >= 4 is 33.8 Å². The number of halogens is 1. The summed E-state index contributed by atoms with van der Waals surface area (Å²) in [6.45, 7) is 0. The van der Waals surface area contributed by atoms with Gasteiger partial charge in [0.05, 0.1) is 0 Å². The van der Waals surface area contributed by atoms with E-state index < -0.39 is 0 Å². The van der Waals surface area contributed by atoms with E-state index in [4.69, 9.17) is 4.74 Å². The molecular formula is C13H13BrOS. The van der Waals surface area contributed by atoms with Crippen molar-refractivity contribution in [3.8, 4) is 5.75 Å². The van der Waals surface area contributed by atoms with Crippen molar-refractivity contribution in [1.82, 2.24) is 0 Å². The molecule has 1 spiro atoms. The second-order valence-electron chi connectivity index (χ2n) is 4.29. The van der Waals surface area contributed by atoms with Crippen LogP contribution in [0.3, 0.4) is 0 Å². The maximum atomic E-state index is 6.19. The van der Waals surface area contributed by atoms with Crippen molar-refractivity contribution in [1.29, 1.82) is 0 Å². The van der Waals surface area contributed by atoms with Crippen LogP contribution in [0.2, 0.25) is 0 Å². The number of ether oxygens (including phenoxy) is 1. The molecule has 1 saturated heterocycles. The molecule has 3 heteroatoms. The highest BCUT2D eigenvalue weighted by Crippen LogP contribution is 2.39. The lowest BCUT2D eigenvalue weighted by molar-refractivity contribution is 0.108. The number of hydrogen-bond donors (Lipinski definition) is 0. The molecule has 84 valence electrons. The largest absolute Gasteiger partial charge is 0.483 e. The third-order valence-electron chi connectivity index (χ3n) is 3.19. The van der Waals surface area contributed by atoms with E-state index in [-0.39, 0.29) is 5.60 Å². The maximum Gasteiger partial charge on any atom is 0.129 e. The molecule has 0 N–H and O–H groups in total. The molecule has 2 heterocycles.